The molecule has 0 saturated heterocycles. The molecule has 0 aliphatic heterocycles. The Morgan fingerprint density at radius 1 is 0.731 bits per heavy atom. The van der Waals surface area contributed by atoms with Gasteiger partial charge in [0.25, 0.3) is 17.3 Å². The van der Waals surface area contributed by atoms with Crippen LogP contribution in [0, 0.1) is 53.7 Å². The molecule has 1 aliphatic carbocycles. The average Bonchev–Trinajstić information content (AvgIpc) is 2.99. The van der Waals surface area contributed by atoms with Gasteiger partial charge in [0.1, 0.15) is 17.8 Å². The Balaban J connectivity index is 2.55. The Hall–Kier alpha value is -5.16. The van der Waals surface area contributed by atoms with Crippen LogP contribution >= 0.6 is 0 Å². The molecule has 114 valence electrons. The van der Waals surface area contributed by atoms with E-state index in [0.29, 0.717) is 0 Å². The molecule has 0 aromatic carbocycles. The van der Waals surface area contributed by atoms with Crippen LogP contribution in [0.5, 0.6) is 0 Å². The normalized spacial score (nSPS) is 12.1. The Bertz CT molecular complexity index is 1190. The standard InChI is InChI=1S/C16N10/c1-20-9(6-19)10-11-13(24-8(5-18)7(4-17)23-11)14-12(10)25-15(21-2)16(22-3)26-14/b10-9-. The van der Waals surface area contributed by atoms with Gasteiger partial charge in [0.2, 0.25) is 11.4 Å². The molecular weight excluding hydrogens is 332 g/mol. The van der Waals surface area contributed by atoms with Crippen molar-refractivity contribution in [1.29, 1.82) is 15.8 Å². The number of nitriles is 3. The monoisotopic (exact) mass is 332 g/mol. The second kappa shape index (κ2) is 5.80. The van der Waals surface area contributed by atoms with Crippen molar-refractivity contribution in [2.45, 2.75) is 0 Å². The Morgan fingerprint density at radius 3 is 1.65 bits per heavy atom. The fourth-order valence-electron chi connectivity index (χ4n) is 2.31. The molecule has 0 fully saturated rings. The van der Waals surface area contributed by atoms with E-state index in [-0.39, 0.29) is 57.1 Å². The van der Waals surface area contributed by atoms with E-state index in [4.69, 9.17) is 30.2 Å². The largest absolute Gasteiger partial charge is 0.370 e. The summed E-state index contributed by atoms with van der Waals surface area (Å²) in [6, 6.07) is 5.17. The molecule has 10 heteroatoms. The number of rotatable bonds is 0. The first-order valence-electron chi connectivity index (χ1n) is 6.55. The molecule has 0 atom stereocenters. The lowest BCUT2D eigenvalue weighted by Gasteiger charge is -2.00. The molecule has 2 aromatic rings. The van der Waals surface area contributed by atoms with Crippen molar-refractivity contribution in [3.8, 4) is 29.6 Å². The minimum Gasteiger partial charge on any atom is -0.370 e. The number of hydrogen-bond donors (Lipinski definition) is 0. The summed E-state index contributed by atoms with van der Waals surface area (Å²) in [5, 5.41) is 27.5. The highest BCUT2D eigenvalue weighted by atomic mass is 15.0. The summed E-state index contributed by atoms with van der Waals surface area (Å²) in [4.78, 5) is 25.5. The summed E-state index contributed by atoms with van der Waals surface area (Å²) >= 11 is 0. The number of fused-ring (bicyclic) bond motifs is 3. The highest BCUT2D eigenvalue weighted by Gasteiger charge is 2.39. The molecule has 0 unspecified atom stereocenters. The smallest absolute Gasteiger partial charge is 0.294 e. The molecule has 0 radical (unpaired) electrons. The van der Waals surface area contributed by atoms with Crippen molar-refractivity contribution in [1.82, 2.24) is 19.9 Å². The van der Waals surface area contributed by atoms with Gasteiger partial charge in [-0.25, -0.2) is 20.1 Å². The second-order valence-corrected chi connectivity index (χ2v) is 4.58. The third-order valence-corrected chi connectivity index (χ3v) is 3.33. The van der Waals surface area contributed by atoms with Gasteiger partial charge in [0.05, 0.1) is 23.9 Å². The molecule has 2 aromatic heterocycles. The van der Waals surface area contributed by atoms with Gasteiger partial charge in [0.15, 0.2) is 11.4 Å². The van der Waals surface area contributed by atoms with Crippen molar-refractivity contribution in [3.05, 3.63) is 62.7 Å². The number of nitrogens with zero attached hydrogens (tertiary/aromatic N) is 10. The van der Waals surface area contributed by atoms with E-state index in [9.17, 15) is 5.26 Å². The summed E-state index contributed by atoms with van der Waals surface area (Å²) in [5.74, 6) is -0.579. The summed E-state index contributed by atoms with van der Waals surface area (Å²) in [6.07, 6.45) is 0. The van der Waals surface area contributed by atoms with Crippen LogP contribution in [0.4, 0.5) is 11.6 Å². The minimum absolute atomic E-state index is 0.00932. The lowest BCUT2D eigenvalue weighted by Crippen LogP contribution is -2.00. The topological polar surface area (TPSA) is 136 Å². The number of allylic oxidation sites excluding steroid dienone is 1. The molecule has 2 heterocycles. The fraction of sp³-hybridized carbons (Fsp3) is 0. The average molecular weight is 332 g/mol. The fourth-order valence-corrected chi connectivity index (χ4v) is 2.31. The molecule has 3 rings (SSSR count). The Morgan fingerprint density at radius 2 is 1.19 bits per heavy atom. The summed E-state index contributed by atoms with van der Waals surface area (Å²) < 4.78 is 0. The van der Waals surface area contributed by atoms with Crippen LogP contribution in [-0.2, 0) is 0 Å². The third-order valence-electron chi connectivity index (χ3n) is 3.33. The van der Waals surface area contributed by atoms with Crippen LogP contribution in [0.1, 0.15) is 22.8 Å². The van der Waals surface area contributed by atoms with E-state index in [1.54, 1.807) is 18.2 Å². The first-order chi connectivity index (χ1) is 12.6. The first-order valence-corrected chi connectivity index (χ1v) is 6.55. The maximum absolute atomic E-state index is 9.25. The van der Waals surface area contributed by atoms with Gasteiger partial charge >= 0.3 is 0 Å². The minimum atomic E-state index is -0.381. The van der Waals surface area contributed by atoms with Crippen LogP contribution in [-0.4, -0.2) is 19.9 Å². The van der Waals surface area contributed by atoms with Gasteiger partial charge in [-0.05, 0) is 0 Å². The zero-order chi connectivity index (χ0) is 18.8. The number of aromatic nitrogens is 4. The predicted molar refractivity (Wildman–Crippen MR) is 83.2 cm³/mol. The van der Waals surface area contributed by atoms with E-state index in [2.05, 4.69) is 34.5 Å². The van der Waals surface area contributed by atoms with Crippen molar-refractivity contribution in [3.63, 3.8) is 0 Å². The second-order valence-electron chi connectivity index (χ2n) is 4.58. The molecular formula is C16N10. The van der Waals surface area contributed by atoms with Gasteiger partial charge < -0.3 is 9.69 Å². The lowest BCUT2D eigenvalue weighted by atomic mass is 10.1. The molecule has 0 N–H and O–H groups in total. The zero-order valence-electron chi connectivity index (χ0n) is 12.5. The van der Waals surface area contributed by atoms with Crippen molar-refractivity contribution >= 4 is 17.2 Å². The van der Waals surface area contributed by atoms with Crippen LogP contribution in [0.2, 0.25) is 0 Å². The van der Waals surface area contributed by atoms with Crippen LogP contribution in [0.25, 0.3) is 31.5 Å². The summed E-state index contributed by atoms with van der Waals surface area (Å²) in [5.41, 5.74) is -0.932. The zero-order valence-corrected chi connectivity index (χ0v) is 12.5. The van der Waals surface area contributed by atoms with Gasteiger partial charge in [-0.15, -0.1) is 9.97 Å². The molecule has 10 nitrogen and oxygen atoms in total. The molecule has 0 amide bonds. The molecule has 1 aliphatic rings. The van der Waals surface area contributed by atoms with E-state index in [1.165, 1.54) is 0 Å². The first kappa shape index (κ1) is 15.7. The SMILES string of the molecule is [C-]#[N+]/C(C#N)=C1/c2nc(C#N)c(C#N)nc2-c2nc([N+]#[C-])c([N+]#[C-])nc21. The lowest BCUT2D eigenvalue weighted by molar-refractivity contribution is 1.11. The highest BCUT2D eigenvalue weighted by molar-refractivity contribution is 5.99. The van der Waals surface area contributed by atoms with E-state index < -0.39 is 0 Å². The van der Waals surface area contributed by atoms with Crippen LogP contribution < -0.4 is 0 Å². The maximum atomic E-state index is 9.25. The van der Waals surface area contributed by atoms with Crippen molar-refractivity contribution in [2.24, 2.45) is 0 Å². The van der Waals surface area contributed by atoms with E-state index >= 15 is 0 Å². The van der Waals surface area contributed by atoms with Gasteiger partial charge in [0, 0.05) is 0 Å². The van der Waals surface area contributed by atoms with Crippen LogP contribution in [0.15, 0.2) is 5.70 Å². The molecule has 0 bridgehead atoms. The van der Waals surface area contributed by atoms with Crippen LogP contribution in [0.3, 0.4) is 0 Å². The molecule has 26 heavy (non-hydrogen) atoms. The maximum Gasteiger partial charge on any atom is 0.294 e. The van der Waals surface area contributed by atoms with Crippen molar-refractivity contribution < 1.29 is 0 Å². The summed E-state index contributed by atoms with van der Waals surface area (Å²) in [6.45, 7) is 21.4. The highest BCUT2D eigenvalue weighted by Crippen LogP contribution is 2.44. The molecule has 0 spiro atoms. The Labute approximate surface area is 146 Å². The van der Waals surface area contributed by atoms with Gasteiger partial charge in [-0.2, -0.15) is 10.5 Å². The van der Waals surface area contributed by atoms with E-state index in [1.807, 2.05) is 0 Å². The van der Waals surface area contributed by atoms with Crippen molar-refractivity contribution in [2.75, 3.05) is 0 Å². The Kier molecular flexibility index (Phi) is 3.51. The quantitative estimate of drug-likeness (QED) is 0.455. The third kappa shape index (κ3) is 1.99. The summed E-state index contributed by atoms with van der Waals surface area (Å²) in [7, 11) is 0. The molecule has 0 saturated carbocycles. The van der Waals surface area contributed by atoms with E-state index in [0.717, 1.165) is 0 Å². The van der Waals surface area contributed by atoms with Gasteiger partial charge in [-0.1, -0.05) is 13.1 Å². The van der Waals surface area contributed by atoms with Gasteiger partial charge in [-0.3, -0.25) is 0 Å². The number of hydrogen-bond acceptors (Lipinski definition) is 7. The predicted octanol–water partition coefficient (Wildman–Crippen LogP) is 2.29.